The summed E-state index contributed by atoms with van der Waals surface area (Å²) in [4.78, 5) is 0. The third-order valence-electron chi connectivity index (χ3n) is 3.08. The lowest BCUT2D eigenvalue weighted by atomic mass is 10.2. The van der Waals surface area contributed by atoms with Crippen molar-refractivity contribution in [3.05, 3.63) is 39.7 Å². The van der Waals surface area contributed by atoms with Gasteiger partial charge in [0.05, 0.1) is 15.7 Å². The van der Waals surface area contributed by atoms with Gasteiger partial charge in [0.1, 0.15) is 11.6 Å². The standard InChI is InChI=1S/C15H19BrFN3O/c1-9(2)18-8-12-10(3)19-20(4)15(12)21-11-5-6-13(16)14(17)7-11/h5-7,9,18H,8H2,1-4H3. The predicted molar refractivity (Wildman–Crippen MR) is 84.1 cm³/mol. The molecule has 1 heterocycles. The molecule has 0 aliphatic carbocycles. The number of halogens is 2. The van der Waals surface area contributed by atoms with Crippen LogP contribution in [0.1, 0.15) is 25.1 Å². The molecule has 2 rings (SSSR count). The van der Waals surface area contributed by atoms with Gasteiger partial charge in [-0.2, -0.15) is 5.10 Å². The number of nitrogens with one attached hydrogen (secondary N) is 1. The van der Waals surface area contributed by atoms with E-state index in [0.717, 1.165) is 11.3 Å². The average molecular weight is 356 g/mol. The lowest BCUT2D eigenvalue weighted by Gasteiger charge is -2.11. The number of ether oxygens (including phenoxy) is 1. The largest absolute Gasteiger partial charge is 0.439 e. The minimum Gasteiger partial charge on any atom is -0.439 e. The summed E-state index contributed by atoms with van der Waals surface area (Å²) in [5.74, 6) is 0.722. The molecule has 0 unspecified atom stereocenters. The van der Waals surface area contributed by atoms with E-state index >= 15 is 0 Å². The van der Waals surface area contributed by atoms with Crippen LogP contribution in [0.2, 0.25) is 0 Å². The molecule has 0 spiro atoms. The molecule has 2 aromatic rings. The van der Waals surface area contributed by atoms with Gasteiger partial charge in [0, 0.05) is 25.7 Å². The highest BCUT2D eigenvalue weighted by Gasteiger charge is 2.16. The van der Waals surface area contributed by atoms with Crippen molar-refractivity contribution in [2.24, 2.45) is 7.05 Å². The predicted octanol–water partition coefficient (Wildman–Crippen LogP) is 3.92. The molecule has 0 aliphatic heterocycles. The van der Waals surface area contributed by atoms with E-state index in [1.165, 1.54) is 6.07 Å². The molecule has 1 aromatic carbocycles. The quantitative estimate of drug-likeness (QED) is 0.883. The number of benzene rings is 1. The minimum absolute atomic E-state index is 0.353. The first kappa shape index (κ1) is 16.0. The van der Waals surface area contributed by atoms with Gasteiger partial charge in [-0.1, -0.05) is 13.8 Å². The molecule has 1 aromatic heterocycles. The van der Waals surface area contributed by atoms with Crippen molar-refractivity contribution in [3.8, 4) is 11.6 Å². The molecule has 114 valence electrons. The van der Waals surface area contributed by atoms with E-state index in [-0.39, 0.29) is 5.82 Å². The fourth-order valence-electron chi connectivity index (χ4n) is 1.97. The highest BCUT2D eigenvalue weighted by molar-refractivity contribution is 9.10. The third kappa shape index (κ3) is 3.83. The molecule has 0 atom stereocenters. The van der Waals surface area contributed by atoms with Gasteiger partial charge in [0.15, 0.2) is 0 Å². The van der Waals surface area contributed by atoms with E-state index < -0.39 is 0 Å². The second-order valence-corrected chi connectivity index (χ2v) is 6.06. The number of aryl methyl sites for hydroxylation is 2. The van der Waals surface area contributed by atoms with Crippen molar-refractivity contribution in [2.45, 2.75) is 33.4 Å². The van der Waals surface area contributed by atoms with Crippen LogP contribution in [0.5, 0.6) is 11.6 Å². The van der Waals surface area contributed by atoms with Crippen LogP contribution >= 0.6 is 15.9 Å². The van der Waals surface area contributed by atoms with Crippen LogP contribution in [0.15, 0.2) is 22.7 Å². The van der Waals surface area contributed by atoms with Crippen LogP contribution in [-0.2, 0) is 13.6 Å². The third-order valence-corrected chi connectivity index (χ3v) is 3.72. The highest BCUT2D eigenvalue weighted by atomic mass is 79.9. The maximum atomic E-state index is 13.6. The van der Waals surface area contributed by atoms with Gasteiger partial charge in [0.2, 0.25) is 5.88 Å². The van der Waals surface area contributed by atoms with Gasteiger partial charge in [-0.25, -0.2) is 9.07 Å². The average Bonchev–Trinajstić information content (AvgIpc) is 2.66. The minimum atomic E-state index is -0.353. The lowest BCUT2D eigenvalue weighted by Crippen LogP contribution is -2.22. The lowest BCUT2D eigenvalue weighted by molar-refractivity contribution is 0.419. The van der Waals surface area contributed by atoms with Gasteiger partial charge in [-0.3, -0.25) is 0 Å². The molecule has 0 fully saturated rings. The summed E-state index contributed by atoms with van der Waals surface area (Å²) in [6.45, 7) is 6.75. The van der Waals surface area contributed by atoms with Crippen molar-refractivity contribution in [1.29, 1.82) is 0 Å². The zero-order chi connectivity index (χ0) is 15.6. The van der Waals surface area contributed by atoms with Gasteiger partial charge >= 0.3 is 0 Å². The summed E-state index contributed by atoms with van der Waals surface area (Å²) in [6.07, 6.45) is 0. The highest BCUT2D eigenvalue weighted by Crippen LogP contribution is 2.29. The first-order chi connectivity index (χ1) is 9.88. The van der Waals surface area contributed by atoms with E-state index in [4.69, 9.17) is 4.74 Å². The first-order valence-corrected chi connectivity index (χ1v) is 7.56. The second-order valence-electron chi connectivity index (χ2n) is 5.21. The van der Waals surface area contributed by atoms with E-state index in [9.17, 15) is 4.39 Å². The fourth-order valence-corrected chi connectivity index (χ4v) is 2.22. The zero-order valence-corrected chi connectivity index (χ0v) is 14.2. The van der Waals surface area contributed by atoms with E-state index in [2.05, 4.69) is 40.2 Å². The molecule has 21 heavy (non-hydrogen) atoms. The topological polar surface area (TPSA) is 39.1 Å². The van der Waals surface area contributed by atoms with Crippen molar-refractivity contribution in [3.63, 3.8) is 0 Å². The summed E-state index contributed by atoms with van der Waals surface area (Å²) < 4.78 is 21.5. The molecule has 0 radical (unpaired) electrons. The van der Waals surface area contributed by atoms with Gasteiger partial charge in [0.25, 0.3) is 0 Å². The van der Waals surface area contributed by atoms with Crippen LogP contribution in [0, 0.1) is 12.7 Å². The summed E-state index contributed by atoms with van der Waals surface area (Å²) in [6, 6.07) is 5.06. The summed E-state index contributed by atoms with van der Waals surface area (Å²) >= 11 is 3.13. The van der Waals surface area contributed by atoms with Gasteiger partial charge in [-0.05, 0) is 35.0 Å². The molecule has 0 aliphatic rings. The summed E-state index contributed by atoms with van der Waals surface area (Å²) in [5, 5.41) is 7.72. The molecule has 0 bridgehead atoms. The molecule has 0 amide bonds. The van der Waals surface area contributed by atoms with Crippen LogP contribution in [0.4, 0.5) is 4.39 Å². The van der Waals surface area contributed by atoms with Crippen LogP contribution < -0.4 is 10.1 Å². The van der Waals surface area contributed by atoms with Crippen LogP contribution in [0.3, 0.4) is 0 Å². The molecule has 0 saturated carbocycles. The Morgan fingerprint density at radius 2 is 2.14 bits per heavy atom. The molecule has 4 nitrogen and oxygen atoms in total. The van der Waals surface area contributed by atoms with Crippen LogP contribution in [-0.4, -0.2) is 15.8 Å². The summed E-state index contributed by atoms with van der Waals surface area (Å²) in [7, 11) is 1.82. The monoisotopic (exact) mass is 355 g/mol. The Morgan fingerprint density at radius 1 is 1.43 bits per heavy atom. The Labute approximate surface area is 132 Å². The SMILES string of the molecule is Cc1nn(C)c(Oc2ccc(Br)c(F)c2)c1CNC(C)C. The number of hydrogen-bond donors (Lipinski definition) is 1. The molecular weight excluding hydrogens is 337 g/mol. The van der Waals surface area contributed by atoms with E-state index in [0.29, 0.717) is 28.7 Å². The number of rotatable bonds is 5. The van der Waals surface area contributed by atoms with Crippen molar-refractivity contribution in [2.75, 3.05) is 0 Å². The van der Waals surface area contributed by atoms with E-state index in [1.54, 1.807) is 16.8 Å². The fraction of sp³-hybridized carbons (Fsp3) is 0.400. The maximum absolute atomic E-state index is 13.6. The first-order valence-electron chi connectivity index (χ1n) is 6.77. The molecular formula is C15H19BrFN3O. The number of aromatic nitrogens is 2. The molecule has 6 heteroatoms. The maximum Gasteiger partial charge on any atom is 0.222 e. The molecule has 0 saturated heterocycles. The molecule has 1 N–H and O–H groups in total. The van der Waals surface area contributed by atoms with E-state index in [1.807, 2.05) is 14.0 Å². The Morgan fingerprint density at radius 3 is 2.76 bits per heavy atom. The summed E-state index contributed by atoms with van der Waals surface area (Å²) in [5.41, 5.74) is 1.88. The van der Waals surface area contributed by atoms with Crippen molar-refractivity contribution in [1.82, 2.24) is 15.1 Å². The number of hydrogen-bond acceptors (Lipinski definition) is 3. The zero-order valence-electron chi connectivity index (χ0n) is 12.6. The Balaban J connectivity index is 2.28. The normalized spacial score (nSPS) is 11.2. The Bertz CT molecular complexity index is 640. The van der Waals surface area contributed by atoms with Gasteiger partial charge in [-0.15, -0.1) is 0 Å². The number of nitrogens with zero attached hydrogens (tertiary/aromatic N) is 2. The smallest absolute Gasteiger partial charge is 0.222 e. The van der Waals surface area contributed by atoms with Crippen LogP contribution in [0.25, 0.3) is 0 Å². The van der Waals surface area contributed by atoms with Crippen molar-refractivity contribution < 1.29 is 9.13 Å². The van der Waals surface area contributed by atoms with Crippen molar-refractivity contribution >= 4 is 15.9 Å². The van der Waals surface area contributed by atoms with Gasteiger partial charge < -0.3 is 10.1 Å². The Hall–Kier alpha value is -1.40. The Kier molecular flexibility index (Phi) is 5.00. The second kappa shape index (κ2) is 6.58.